The van der Waals surface area contributed by atoms with Crippen molar-refractivity contribution in [2.24, 2.45) is 0 Å². The number of carbonyl (C=O) groups is 1. The van der Waals surface area contributed by atoms with Crippen molar-refractivity contribution in [2.45, 2.75) is 45.1 Å². The second-order valence-electron chi connectivity index (χ2n) is 7.22. The lowest BCUT2D eigenvalue weighted by molar-refractivity contribution is -0.122. The number of rotatable bonds is 8. The summed E-state index contributed by atoms with van der Waals surface area (Å²) >= 11 is 1.79. The summed E-state index contributed by atoms with van der Waals surface area (Å²) in [5, 5.41) is 4.22. The molecule has 0 aliphatic carbocycles. The first-order valence-electron chi connectivity index (χ1n) is 9.58. The number of thiazole rings is 1. The normalized spacial score (nSPS) is 18.5. The summed E-state index contributed by atoms with van der Waals surface area (Å²) in [6.07, 6.45) is 3.39. The van der Waals surface area contributed by atoms with Crippen LogP contribution in [0.1, 0.15) is 44.0 Å². The summed E-state index contributed by atoms with van der Waals surface area (Å²) in [6, 6.07) is 8.31. The number of nitrogens with zero attached hydrogens (tertiary/aromatic N) is 2. The minimum atomic E-state index is 0.111. The fraction of sp³-hybridized carbons (Fsp3) is 0.600. The third-order valence-electron chi connectivity index (χ3n) is 4.63. The topological polar surface area (TPSA) is 54.5 Å². The van der Waals surface area contributed by atoms with Crippen molar-refractivity contribution in [1.29, 1.82) is 0 Å². The number of hydrogen-bond donors (Lipinski definition) is 1. The summed E-state index contributed by atoms with van der Waals surface area (Å²) in [6.45, 7) is 7.82. The van der Waals surface area contributed by atoms with Gasteiger partial charge in [-0.15, -0.1) is 11.3 Å². The fourth-order valence-corrected chi connectivity index (χ4v) is 4.44. The molecular formula is C20H29N3O2S. The Morgan fingerprint density at radius 2 is 2.27 bits per heavy atom. The SMILES string of the molecule is CC(C)OCCCNC(=O)CN1CCC[C@H](c2nc3ccccc3s2)C1. The molecule has 0 bridgehead atoms. The summed E-state index contributed by atoms with van der Waals surface area (Å²) in [7, 11) is 0. The molecule has 2 aromatic rings. The Kier molecular flexibility index (Phi) is 7.00. The first kappa shape index (κ1) is 19.3. The van der Waals surface area contributed by atoms with Gasteiger partial charge in [-0.3, -0.25) is 9.69 Å². The number of amides is 1. The lowest BCUT2D eigenvalue weighted by Crippen LogP contribution is -2.42. The number of aromatic nitrogens is 1. The highest BCUT2D eigenvalue weighted by Crippen LogP contribution is 2.32. The molecule has 1 atom stereocenters. The van der Waals surface area contributed by atoms with E-state index in [1.54, 1.807) is 11.3 Å². The average Bonchev–Trinajstić information content (AvgIpc) is 3.05. The van der Waals surface area contributed by atoms with E-state index in [-0.39, 0.29) is 12.0 Å². The van der Waals surface area contributed by atoms with Gasteiger partial charge in [-0.25, -0.2) is 4.98 Å². The van der Waals surface area contributed by atoms with Crippen molar-refractivity contribution in [2.75, 3.05) is 32.8 Å². The van der Waals surface area contributed by atoms with E-state index in [4.69, 9.17) is 9.72 Å². The number of piperidine rings is 1. The van der Waals surface area contributed by atoms with Gasteiger partial charge in [0.05, 0.1) is 27.9 Å². The van der Waals surface area contributed by atoms with E-state index in [2.05, 4.69) is 28.4 Å². The van der Waals surface area contributed by atoms with Crippen LogP contribution in [0.4, 0.5) is 0 Å². The van der Waals surface area contributed by atoms with Crippen LogP contribution in [0, 0.1) is 0 Å². The molecule has 0 radical (unpaired) electrons. The zero-order valence-electron chi connectivity index (χ0n) is 15.7. The highest BCUT2D eigenvalue weighted by atomic mass is 32.1. The molecule has 5 nitrogen and oxygen atoms in total. The number of ether oxygens (including phenoxy) is 1. The van der Waals surface area contributed by atoms with Crippen molar-refractivity contribution in [3.8, 4) is 0 Å². The van der Waals surface area contributed by atoms with Gasteiger partial charge < -0.3 is 10.1 Å². The third kappa shape index (κ3) is 5.50. The van der Waals surface area contributed by atoms with Crippen molar-refractivity contribution in [3.05, 3.63) is 29.3 Å². The first-order valence-corrected chi connectivity index (χ1v) is 10.4. The van der Waals surface area contributed by atoms with Crippen LogP contribution in [-0.2, 0) is 9.53 Å². The van der Waals surface area contributed by atoms with Crippen LogP contribution in [0.15, 0.2) is 24.3 Å². The molecule has 6 heteroatoms. The molecule has 26 heavy (non-hydrogen) atoms. The fourth-order valence-electron chi connectivity index (χ4n) is 3.34. The minimum Gasteiger partial charge on any atom is -0.379 e. The minimum absolute atomic E-state index is 0.111. The van der Waals surface area contributed by atoms with E-state index in [9.17, 15) is 4.79 Å². The molecule has 1 aromatic heterocycles. The number of likely N-dealkylation sites (tertiary alicyclic amines) is 1. The second kappa shape index (κ2) is 9.44. The van der Waals surface area contributed by atoms with Gasteiger partial charge in [0, 0.05) is 25.6 Å². The number of benzene rings is 1. The molecule has 0 spiro atoms. The monoisotopic (exact) mass is 375 g/mol. The maximum Gasteiger partial charge on any atom is 0.234 e. The van der Waals surface area contributed by atoms with Crippen LogP contribution in [0.25, 0.3) is 10.2 Å². The molecule has 1 aromatic carbocycles. The smallest absolute Gasteiger partial charge is 0.234 e. The zero-order chi connectivity index (χ0) is 18.4. The Morgan fingerprint density at radius 3 is 3.08 bits per heavy atom. The van der Waals surface area contributed by atoms with Crippen molar-refractivity contribution >= 4 is 27.5 Å². The predicted octanol–water partition coefficient (Wildman–Crippen LogP) is 3.41. The van der Waals surface area contributed by atoms with Crippen LogP contribution < -0.4 is 5.32 Å². The molecule has 0 unspecified atom stereocenters. The Morgan fingerprint density at radius 1 is 1.42 bits per heavy atom. The van der Waals surface area contributed by atoms with Crippen LogP contribution >= 0.6 is 11.3 Å². The molecule has 1 aliphatic heterocycles. The standard InChI is InChI=1S/C20H29N3O2S/c1-15(2)25-12-6-10-21-19(24)14-23-11-5-7-16(13-23)20-22-17-8-3-4-9-18(17)26-20/h3-4,8-9,15-16H,5-7,10-14H2,1-2H3,(H,21,24)/t16-/m0/s1. The summed E-state index contributed by atoms with van der Waals surface area (Å²) in [5.41, 5.74) is 1.09. The lowest BCUT2D eigenvalue weighted by Gasteiger charge is -2.31. The first-order chi connectivity index (χ1) is 12.6. The Labute approximate surface area is 159 Å². The zero-order valence-corrected chi connectivity index (χ0v) is 16.6. The maximum absolute atomic E-state index is 12.2. The van der Waals surface area contributed by atoms with E-state index in [0.29, 0.717) is 25.6 Å². The van der Waals surface area contributed by atoms with Gasteiger partial charge >= 0.3 is 0 Å². The van der Waals surface area contributed by atoms with Crippen LogP contribution in [0.5, 0.6) is 0 Å². The van der Waals surface area contributed by atoms with E-state index >= 15 is 0 Å². The molecular weight excluding hydrogens is 346 g/mol. The van der Waals surface area contributed by atoms with Crippen LogP contribution in [0.3, 0.4) is 0 Å². The van der Waals surface area contributed by atoms with E-state index in [1.807, 2.05) is 19.9 Å². The second-order valence-corrected chi connectivity index (χ2v) is 8.28. The van der Waals surface area contributed by atoms with Crippen molar-refractivity contribution in [3.63, 3.8) is 0 Å². The van der Waals surface area contributed by atoms with E-state index < -0.39 is 0 Å². The van der Waals surface area contributed by atoms with Crippen molar-refractivity contribution in [1.82, 2.24) is 15.2 Å². The highest BCUT2D eigenvalue weighted by Gasteiger charge is 2.25. The quantitative estimate of drug-likeness (QED) is 0.719. The van der Waals surface area contributed by atoms with Gasteiger partial charge in [-0.05, 0) is 51.8 Å². The van der Waals surface area contributed by atoms with Gasteiger partial charge in [0.1, 0.15) is 0 Å². The highest BCUT2D eigenvalue weighted by molar-refractivity contribution is 7.18. The van der Waals surface area contributed by atoms with Crippen LogP contribution in [-0.4, -0.2) is 54.7 Å². The number of hydrogen-bond acceptors (Lipinski definition) is 5. The van der Waals surface area contributed by atoms with E-state index in [0.717, 1.165) is 37.9 Å². The third-order valence-corrected chi connectivity index (χ3v) is 5.83. The largest absolute Gasteiger partial charge is 0.379 e. The van der Waals surface area contributed by atoms with Crippen LogP contribution in [0.2, 0.25) is 0 Å². The van der Waals surface area contributed by atoms with Gasteiger partial charge in [0.2, 0.25) is 5.91 Å². The summed E-state index contributed by atoms with van der Waals surface area (Å²) in [4.78, 5) is 19.3. The number of fused-ring (bicyclic) bond motifs is 1. The number of carbonyl (C=O) groups excluding carboxylic acids is 1. The van der Waals surface area contributed by atoms with Gasteiger partial charge in [0.15, 0.2) is 0 Å². The number of nitrogens with one attached hydrogen (secondary N) is 1. The number of para-hydroxylation sites is 1. The molecule has 2 heterocycles. The molecule has 1 amide bonds. The Balaban J connectivity index is 1.45. The molecule has 142 valence electrons. The van der Waals surface area contributed by atoms with Gasteiger partial charge in [0.25, 0.3) is 0 Å². The predicted molar refractivity (Wildman–Crippen MR) is 107 cm³/mol. The molecule has 1 aliphatic rings. The Bertz CT molecular complexity index is 683. The molecule has 1 N–H and O–H groups in total. The molecule has 3 rings (SSSR count). The molecule has 1 fully saturated rings. The summed E-state index contributed by atoms with van der Waals surface area (Å²) < 4.78 is 6.74. The maximum atomic E-state index is 12.2. The van der Waals surface area contributed by atoms with Gasteiger partial charge in [-0.2, -0.15) is 0 Å². The van der Waals surface area contributed by atoms with Gasteiger partial charge in [-0.1, -0.05) is 12.1 Å². The molecule has 0 saturated carbocycles. The summed E-state index contributed by atoms with van der Waals surface area (Å²) in [5.74, 6) is 0.549. The average molecular weight is 376 g/mol. The van der Waals surface area contributed by atoms with E-state index in [1.165, 1.54) is 9.71 Å². The van der Waals surface area contributed by atoms with Crippen molar-refractivity contribution < 1.29 is 9.53 Å². The Hall–Kier alpha value is -1.50. The molecule has 1 saturated heterocycles. The lowest BCUT2D eigenvalue weighted by atomic mass is 9.99.